The second kappa shape index (κ2) is 12.3. The molecule has 5 nitrogen and oxygen atoms in total. The van der Waals surface area contributed by atoms with E-state index in [-0.39, 0.29) is 30.0 Å². The summed E-state index contributed by atoms with van der Waals surface area (Å²) in [5, 5.41) is 11.2. The molecular formula is C19H31IN4OS. The van der Waals surface area contributed by atoms with Gasteiger partial charge < -0.3 is 15.1 Å². The molecule has 0 aliphatic rings. The van der Waals surface area contributed by atoms with Gasteiger partial charge in [-0.2, -0.15) is 11.3 Å². The summed E-state index contributed by atoms with van der Waals surface area (Å²) in [7, 11) is 1.81. The standard InChI is InChI=1S/C19H30N4OS.HI/c1-5-23(6-2)17(18-8-7-10-24-18)13-22-19(20-4)21-12-15(3)16-9-11-25-14-16;/h7-11,14-15,17H,5-6,12-13H2,1-4H3,(H2,20,21,22);1H. The van der Waals surface area contributed by atoms with Crippen molar-refractivity contribution in [1.82, 2.24) is 15.5 Å². The number of thiophene rings is 1. The van der Waals surface area contributed by atoms with Crippen LogP contribution in [0.25, 0.3) is 0 Å². The van der Waals surface area contributed by atoms with Crippen LogP contribution < -0.4 is 10.6 Å². The number of guanidine groups is 1. The van der Waals surface area contributed by atoms with Gasteiger partial charge in [-0.3, -0.25) is 9.89 Å². The number of nitrogens with zero attached hydrogens (tertiary/aromatic N) is 2. The summed E-state index contributed by atoms with van der Waals surface area (Å²) in [5.74, 6) is 2.26. The highest BCUT2D eigenvalue weighted by molar-refractivity contribution is 14.0. The van der Waals surface area contributed by atoms with Crippen LogP contribution in [0.5, 0.6) is 0 Å². The molecule has 0 saturated heterocycles. The molecule has 2 heterocycles. The molecule has 0 saturated carbocycles. The lowest BCUT2D eigenvalue weighted by Crippen LogP contribution is -2.44. The zero-order valence-electron chi connectivity index (χ0n) is 16.1. The minimum Gasteiger partial charge on any atom is -0.468 e. The van der Waals surface area contributed by atoms with Crippen LogP contribution in [-0.4, -0.2) is 44.1 Å². The van der Waals surface area contributed by atoms with E-state index in [0.717, 1.165) is 37.9 Å². The predicted molar refractivity (Wildman–Crippen MR) is 122 cm³/mol. The summed E-state index contributed by atoms with van der Waals surface area (Å²) >= 11 is 1.74. The highest BCUT2D eigenvalue weighted by Crippen LogP contribution is 2.20. The molecule has 2 rings (SSSR count). The topological polar surface area (TPSA) is 52.8 Å². The van der Waals surface area contributed by atoms with Crippen LogP contribution in [0.4, 0.5) is 0 Å². The van der Waals surface area contributed by atoms with E-state index in [1.165, 1.54) is 5.56 Å². The number of hydrogen-bond donors (Lipinski definition) is 2. The first-order valence-corrected chi connectivity index (χ1v) is 9.87. The zero-order chi connectivity index (χ0) is 18.1. The summed E-state index contributed by atoms with van der Waals surface area (Å²) in [4.78, 5) is 6.74. The molecule has 2 atom stereocenters. The summed E-state index contributed by atoms with van der Waals surface area (Å²) in [5.41, 5.74) is 1.37. The van der Waals surface area contributed by atoms with Gasteiger partial charge in [-0.05, 0) is 53.5 Å². The Morgan fingerprint density at radius 2 is 1.96 bits per heavy atom. The van der Waals surface area contributed by atoms with Crippen molar-refractivity contribution in [3.05, 3.63) is 46.5 Å². The molecule has 2 N–H and O–H groups in total. The molecule has 0 spiro atoms. The molecule has 0 fully saturated rings. The minimum absolute atomic E-state index is 0. The Morgan fingerprint density at radius 3 is 2.50 bits per heavy atom. The van der Waals surface area contributed by atoms with Crippen LogP contribution >= 0.6 is 35.3 Å². The van der Waals surface area contributed by atoms with Crippen molar-refractivity contribution in [2.24, 2.45) is 4.99 Å². The number of halogens is 1. The number of likely N-dealkylation sites (N-methyl/N-ethyl adjacent to an activating group) is 1. The quantitative estimate of drug-likeness (QED) is 0.313. The van der Waals surface area contributed by atoms with Gasteiger partial charge in [0.25, 0.3) is 0 Å². The first-order chi connectivity index (χ1) is 12.2. The van der Waals surface area contributed by atoms with Crippen molar-refractivity contribution in [3.8, 4) is 0 Å². The summed E-state index contributed by atoms with van der Waals surface area (Å²) in [6.07, 6.45) is 1.74. The van der Waals surface area contributed by atoms with E-state index in [1.54, 1.807) is 17.6 Å². The molecule has 2 aromatic rings. The Morgan fingerprint density at radius 1 is 1.23 bits per heavy atom. The first-order valence-electron chi connectivity index (χ1n) is 8.93. The van der Waals surface area contributed by atoms with E-state index in [9.17, 15) is 0 Å². The fourth-order valence-electron chi connectivity index (χ4n) is 2.89. The number of aliphatic imine (C=N–C) groups is 1. The monoisotopic (exact) mass is 490 g/mol. The molecule has 146 valence electrons. The van der Waals surface area contributed by atoms with E-state index in [2.05, 4.69) is 58.1 Å². The van der Waals surface area contributed by atoms with Crippen LogP contribution in [0.3, 0.4) is 0 Å². The second-order valence-electron chi connectivity index (χ2n) is 6.04. The highest BCUT2D eigenvalue weighted by atomic mass is 127. The van der Waals surface area contributed by atoms with E-state index in [1.807, 2.05) is 19.2 Å². The third-order valence-electron chi connectivity index (χ3n) is 4.50. The molecule has 2 unspecified atom stereocenters. The number of rotatable bonds is 9. The van der Waals surface area contributed by atoms with Gasteiger partial charge in [0.2, 0.25) is 0 Å². The van der Waals surface area contributed by atoms with Gasteiger partial charge in [0, 0.05) is 20.1 Å². The maximum absolute atomic E-state index is 5.65. The fraction of sp³-hybridized carbons (Fsp3) is 0.526. The average molecular weight is 490 g/mol. The van der Waals surface area contributed by atoms with Gasteiger partial charge >= 0.3 is 0 Å². The van der Waals surface area contributed by atoms with Crippen molar-refractivity contribution >= 4 is 41.3 Å². The van der Waals surface area contributed by atoms with Crippen LogP contribution in [0.15, 0.2) is 44.6 Å². The molecule has 26 heavy (non-hydrogen) atoms. The molecular weight excluding hydrogens is 459 g/mol. The molecule has 0 amide bonds. The lowest BCUT2D eigenvalue weighted by atomic mass is 10.1. The van der Waals surface area contributed by atoms with E-state index in [0.29, 0.717) is 5.92 Å². The van der Waals surface area contributed by atoms with E-state index >= 15 is 0 Å². The van der Waals surface area contributed by atoms with Crippen molar-refractivity contribution in [1.29, 1.82) is 0 Å². The average Bonchev–Trinajstić information content (AvgIpc) is 3.34. The smallest absolute Gasteiger partial charge is 0.191 e. The van der Waals surface area contributed by atoms with Crippen molar-refractivity contribution < 1.29 is 4.42 Å². The first kappa shape index (κ1) is 23.0. The maximum atomic E-state index is 5.65. The van der Waals surface area contributed by atoms with E-state index in [4.69, 9.17) is 4.42 Å². The third-order valence-corrected chi connectivity index (χ3v) is 5.20. The Hall–Kier alpha value is -1.06. The summed E-state index contributed by atoms with van der Waals surface area (Å²) in [6, 6.07) is 6.36. The van der Waals surface area contributed by atoms with Crippen molar-refractivity contribution in [2.45, 2.75) is 32.7 Å². The van der Waals surface area contributed by atoms with Gasteiger partial charge in [-0.1, -0.05) is 20.8 Å². The van der Waals surface area contributed by atoms with Gasteiger partial charge in [-0.25, -0.2) is 0 Å². The van der Waals surface area contributed by atoms with E-state index < -0.39 is 0 Å². The van der Waals surface area contributed by atoms with Crippen LogP contribution in [-0.2, 0) is 0 Å². The SMILES string of the molecule is CCN(CC)C(CNC(=NC)NCC(C)c1ccsc1)c1ccco1.I. The molecule has 0 aliphatic carbocycles. The molecule has 0 aromatic carbocycles. The van der Waals surface area contributed by atoms with Crippen LogP contribution in [0.1, 0.15) is 44.1 Å². The Bertz CT molecular complexity index is 612. The molecule has 0 bridgehead atoms. The molecule has 2 aromatic heterocycles. The van der Waals surface area contributed by atoms with Gasteiger partial charge in [-0.15, -0.1) is 24.0 Å². The van der Waals surface area contributed by atoms with Gasteiger partial charge in [0.05, 0.1) is 12.3 Å². The second-order valence-corrected chi connectivity index (χ2v) is 6.82. The lowest BCUT2D eigenvalue weighted by molar-refractivity contribution is 0.193. The number of nitrogens with one attached hydrogen (secondary N) is 2. The third kappa shape index (κ3) is 6.59. The minimum atomic E-state index is 0. The predicted octanol–water partition coefficient (Wildman–Crippen LogP) is 4.31. The van der Waals surface area contributed by atoms with Crippen LogP contribution in [0, 0.1) is 0 Å². The molecule has 0 aliphatic heterocycles. The van der Waals surface area contributed by atoms with Crippen molar-refractivity contribution in [2.75, 3.05) is 33.2 Å². The number of hydrogen-bond acceptors (Lipinski definition) is 4. The normalized spacial score (nSPS) is 14.0. The number of furan rings is 1. The highest BCUT2D eigenvalue weighted by Gasteiger charge is 2.20. The fourth-order valence-corrected chi connectivity index (χ4v) is 3.67. The largest absolute Gasteiger partial charge is 0.468 e. The molecule has 0 radical (unpaired) electrons. The lowest BCUT2D eigenvalue weighted by Gasteiger charge is -2.29. The van der Waals surface area contributed by atoms with Crippen molar-refractivity contribution in [3.63, 3.8) is 0 Å². The van der Waals surface area contributed by atoms with Crippen LogP contribution in [0.2, 0.25) is 0 Å². The Kier molecular flexibility index (Phi) is 10.9. The molecule has 7 heteroatoms. The maximum Gasteiger partial charge on any atom is 0.191 e. The van der Waals surface area contributed by atoms with Gasteiger partial charge in [0.15, 0.2) is 5.96 Å². The van der Waals surface area contributed by atoms with Gasteiger partial charge in [0.1, 0.15) is 5.76 Å². The zero-order valence-corrected chi connectivity index (χ0v) is 19.2. The summed E-state index contributed by atoms with van der Waals surface area (Å²) < 4.78 is 5.65. The summed E-state index contributed by atoms with van der Waals surface area (Å²) in [6.45, 7) is 10.1. The Labute approximate surface area is 178 Å². The Balaban J connectivity index is 0.00000338.